The van der Waals surface area contributed by atoms with Gasteiger partial charge in [0.15, 0.2) is 0 Å². The Hall–Kier alpha value is -1.10. The third-order valence-electron chi connectivity index (χ3n) is 3.24. The van der Waals surface area contributed by atoms with E-state index >= 15 is 0 Å². The number of halogens is 1. The first-order valence-corrected chi connectivity index (χ1v) is 6.74. The summed E-state index contributed by atoms with van der Waals surface area (Å²) in [7, 11) is 0. The first-order chi connectivity index (χ1) is 9.06. The molecule has 0 spiro atoms. The van der Waals surface area contributed by atoms with Gasteiger partial charge in [-0.25, -0.2) is 0 Å². The van der Waals surface area contributed by atoms with Gasteiger partial charge in [0.05, 0.1) is 6.61 Å². The minimum atomic E-state index is -0.181. The molecule has 0 saturated carbocycles. The maximum atomic E-state index is 11.9. The molecule has 1 amide bonds. The van der Waals surface area contributed by atoms with Crippen LogP contribution < -0.4 is 11.1 Å². The number of nitrogens with two attached hydrogens (primary N) is 1. The minimum absolute atomic E-state index is 0. The van der Waals surface area contributed by atoms with Gasteiger partial charge in [0.1, 0.15) is 0 Å². The van der Waals surface area contributed by atoms with Crippen LogP contribution in [-0.4, -0.2) is 18.6 Å². The number of hydrogen-bond acceptors (Lipinski definition) is 3. The number of nitrogens with one attached hydrogen (secondary N) is 1. The third kappa shape index (κ3) is 5.90. The van der Waals surface area contributed by atoms with E-state index in [2.05, 4.69) is 5.32 Å². The summed E-state index contributed by atoms with van der Waals surface area (Å²) >= 11 is 0. The van der Waals surface area contributed by atoms with Gasteiger partial charge in [-0.3, -0.25) is 4.79 Å². The Morgan fingerprint density at radius 2 is 1.90 bits per heavy atom. The molecule has 20 heavy (non-hydrogen) atoms. The molecule has 2 atom stereocenters. The Balaban J connectivity index is 0.00000361. The van der Waals surface area contributed by atoms with Gasteiger partial charge < -0.3 is 15.8 Å². The molecule has 0 radical (unpaired) electrons. The van der Waals surface area contributed by atoms with E-state index in [0.717, 1.165) is 11.1 Å². The van der Waals surface area contributed by atoms with Crippen LogP contribution in [-0.2, 0) is 22.7 Å². The molecule has 0 aliphatic rings. The van der Waals surface area contributed by atoms with Crippen LogP contribution in [0.4, 0.5) is 0 Å². The summed E-state index contributed by atoms with van der Waals surface area (Å²) in [5.41, 5.74) is 7.91. The quantitative estimate of drug-likeness (QED) is 0.812. The average Bonchev–Trinajstić information content (AvgIpc) is 2.42. The second kappa shape index (κ2) is 9.75. The molecule has 0 saturated heterocycles. The standard InChI is InChI=1S/C15H24N2O2.ClH/c1-4-19-10-14-8-6-5-7-13(14)9-17-15(18)11(2)12(3)16;/h5-8,11-12H,4,9-10,16H2,1-3H3,(H,17,18);1H. The van der Waals surface area contributed by atoms with Crippen molar-refractivity contribution in [2.24, 2.45) is 11.7 Å². The van der Waals surface area contributed by atoms with Crippen LogP contribution in [0.5, 0.6) is 0 Å². The average molecular weight is 301 g/mol. The zero-order valence-electron chi connectivity index (χ0n) is 12.4. The second-order valence-electron chi connectivity index (χ2n) is 4.77. The van der Waals surface area contributed by atoms with Crippen molar-refractivity contribution < 1.29 is 9.53 Å². The highest BCUT2D eigenvalue weighted by Gasteiger charge is 2.16. The maximum absolute atomic E-state index is 11.9. The van der Waals surface area contributed by atoms with E-state index in [9.17, 15) is 4.79 Å². The van der Waals surface area contributed by atoms with E-state index < -0.39 is 0 Å². The van der Waals surface area contributed by atoms with Crippen LogP contribution in [0.15, 0.2) is 24.3 Å². The van der Waals surface area contributed by atoms with Gasteiger partial charge in [0.25, 0.3) is 0 Å². The van der Waals surface area contributed by atoms with E-state index in [1.54, 1.807) is 0 Å². The van der Waals surface area contributed by atoms with Gasteiger partial charge in [0, 0.05) is 25.1 Å². The SMILES string of the molecule is CCOCc1ccccc1CNC(=O)C(C)C(C)N.Cl. The van der Waals surface area contributed by atoms with Crippen molar-refractivity contribution in [3.05, 3.63) is 35.4 Å². The Kier molecular flexibility index (Phi) is 9.21. The smallest absolute Gasteiger partial charge is 0.224 e. The molecule has 1 rings (SSSR count). The highest BCUT2D eigenvalue weighted by molar-refractivity contribution is 5.85. The Bertz CT molecular complexity index is 411. The Morgan fingerprint density at radius 1 is 1.30 bits per heavy atom. The van der Waals surface area contributed by atoms with Crippen LogP contribution in [0.25, 0.3) is 0 Å². The van der Waals surface area contributed by atoms with Gasteiger partial charge in [-0.2, -0.15) is 0 Å². The molecule has 4 nitrogen and oxygen atoms in total. The van der Waals surface area contributed by atoms with Gasteiger partial charge in [-0.15, -0.1) is 12.4 Å². The Morgan fingerprint density at radius 3 is 2.45 bits per heavy atom. The van der Waals surface area contributed by atoms with E-state index in [1.807, 2.05) is 45.0 Å². The number of amides is 1. The van der Waals surface area contributed by atoms with Crippen molar-refractivity contribution in [2.45, 2.75) is 40.0 Å². The lowest BCUT2D eigenvalue weighted by atomic mass is 10.0. The largest absolute Gasteiger partial charge is 0.377 e. The highest BCUT2D eigenvalue weighted by atomic mass is 35.5. The van der Waals surface area contributed by atoms with E-state index in [-0.39, 0.29) is 30.3 Å². The molecule has 0 bridgehead atoms. The Labute approximate surface area is 127 Å². The fourth-order valence-electron chi connectivity index (χ4n) is 1.66. The molecular weight excluding hydrogens is 276 g/mol. The lowest BCUT2D eigenvalue weighted by Crippen LogP contribution is -2.38. The molecule has 1 aromatic carbocycles. The summed E-state index contributed by atoms with van der Waals surface area (Å²) in [5.74, 6) is -0.194. The maximum Gasteiger partial charge on any atom is 0.224 e. The first-order valence-electron chi connectivity index (χ1n) is 6.74. The second-order valence-corrected chi connectivity index (χ2v) is 4.77. The normalized spacial score (nSPS) is 13.2. The fourth-order valence-corrected chi connectivity index (χ4v) is 1.66. The number of carbonyl (C=O) groups is 1. The summed E-state index contributed by atoms with van der Waals surface area (Å²) in [6.07, 6.45) is 0. The minimum Gasteiger partial charge on any atom is -0.377 e. The van der Waals surface area contributed by atoms with Crippen molar-refractivity contribution in [2.75, 3.05) is 6.61 Å². The number of ether oxygens (including phenoxy) is 1. The third-order valence-corrected chi connectivity index (χ3v) is 3.24. The molecule has 0 aliphatic heterocycles. The highest BCUT2D eigenvalue weighted by Crippen LogP contribution is 2.10. The molecule has 114 valence electrons. The van der Waals surface area contributed by atoms with Crippen LogP contribution >= 0.6 is 12.4 Å². The summed E-state index contributed by atoms with van der Waals surface area (Å²) in [4.78, 5) is 11.9. The van der Waals surface area contributed by atoms with Gasteiger partial charge in [-0.05, 0) is 25.0 Å². The molecule has 0 heterocycles. The molecule has 1 aromatic rings. The van der Waals surface area contributed by atoms with Gasteiger partial charge in [-0.1, -0.05) is 31.2 Å². The van der Waals surface area contributed by atoms with Crippen molar-refractivity contribution in [3.63, 3.8) is 0 Å². The van der Waals surface area contributed by atoms with Crippen molar-refractivity contribution in [1.29, 1.82) is 0 Å². The summed E-state index contributed by atoms with van der Waals surface area (Å²) in [6.45, 7) is 7.42. The van der Waals surface area contributed by atoms with E-state index in [1.165, 1.54) is 0 Å². The first kappa shape index (κ1) is 18.9. The number of benzene rings is 1. The van der Waals surface area contributed by atoms with Crippen molar-refractivity contribution in [1.82, 2.24) is 5.32 Å². The molecule has 0 fully saturated rings. The molecule has 0 aromatic heterocycles. The van der Waals surface area contributed by atoms with Crippen molar-refractivity contribution >= 4 is 18.3 Å². The number of carbonyl (C=O) groups excluding carboxylic acids is 1. The number of rotatable bonds is 7. The molecular formula is C15H25ClN2O2. The fraction of sp³-hybridized carbons (Fsp3) is 0.533. The van der Waals surface area contributed by atoms with Gasteiger partial charge >= 0.3 is 0 Å². The molecule has 0 aliphatic carbocycles. The van der Waals surface area contributed by atoms with E-state index in [4.69, 9.17) is 10.5 Å². The zero-order valence-corrected chi connectivity index (χ0v) is 13.2. The predicted molar refractivity (Wildman–Crippen MR) is 83.7 cm³/mol. The van der Waals surface area contributed by atoms with Gasteiger partial charge in [0.2, 0.25) is 5.91 Å². The number of hydrogen-bond donors (Lipinski definition) is 2. The molecule has 5 heteroatoms. The van der Waals surface area contributed by atoms with Crippen molar-refractivity contribution in [3.8, 4) is 0 Å². The summed E-state index contributed by atoms with van der Waals surface area (Å²) in [6, 6.07) is 7.83. The lowest BCUT2D eigenvalue weighted by molar-refractivity contribution is -0.125. The predicted octanol–water partition coefficient (Wildman–Crippen LogP) is 2.24. The topological polar surface area (TPSA) is 64.3 Å². The summed E-state index contributed by atoms with van der Waals surface area (Å²) < 4.78 is 5.42. The van der Waals surface area contributed by atoms with Crippen LogP contribution in [0, 0.1) is 5.92 Å². The monoisotopic (exact) mass is 300 g/mol. The van der Waals surface area contributed by atoms with Crippen LogP contribution in [0.3, 0.4) is 0 Å². The van der Waals surface area contributed by atoms with Crippen LogP contribution in [0.2, 0.25) is 0 Å². The zero-order chi connectivity index (χ0) is 14.3. The molecule has 3 N–H and O–H groups in total. The molecule has 2 unspecified atom stereocenters. The lowest BCUT2D eigenvalue weighted by Gasteiger charge is -2.16. The van der Waals surface area contributed by atoms with Crippen LogP contribution in [0.1, 0.15) is 31.9 Å². The summed E-state index contributed by atoms with van der Waals surface area (Å²) in [5, 5.41) is 2.92. The van der Waals surface area contributed by atoms with E-state index in [0.29, 0.717) is 19.8 Å².